The van der Waals surface area contributed by atoms with Gasteiger partial charge in [0.05, 0.1) is 29.9 Å². The molecule has 1 saturated heterocycles. The van der Waals surface area contributed by atoms with E-state index in [-0.39, 0.29) is 24.1 Å². The van der Waals surface area contributed by atoms with Gasteiger partial charge in [-0.25, -0.2) is 9.07 Å². The Balaban J connectivity index is 1.48. The minimum Gasteiger partial charge on any atom is -0.278 e. The number of aryl methyl sites for hydroxylation is 1. The van der Waals surface area contributed by atoms with Crippen LogP contribution in [0.25, 0.3) is 16.6 Å². The maximum atomic E-state index is 13.3. The molecule has 0 bridgehead atoms. The first-order chi connectivity index (χ1) is 15.0. The maximum absolute atomic E-state index is 13.3. The van der Waals surface area contributed by atoms with E-state index in [2.05, 4.69) is 5.10 Å². The molecule has 0 saturated carbocycles. The maximum Gasteiger partial charge on any atom is 0.237 e. The van der Waals surface area contributed by atoms with Crippen LogP contribution in [-0.2, 0) is 16.1 Å². The van der Waals surface area contributed by atoms with Gasteiger partial charge in [-0.2, -0.15) is 5.10 Å². The van der Waals surface area contributed by atoms with E-state index < -0.39 is 5.92 Å². The molecule has 0 spiro atoms. The van der Waals surface area contributed by atoms with Crippen molar-refractivity contribution in [1.82, 2.24) is 14.7 Å². The van der Waals surface area contributed by atoms with Crippen LogP contribution in [0.5, 0.6) is 0 Å². The van der Waals surface area contributed by atoms with E-state index in [0.717, 1.165) is 33.3 Å². The highest BCUT2D eigenvalue weighted by molar-refractivity contribution is 6.06. The molecule has 1 aliphatic rings. The Hall–Kier alpha value is -3.80. The van der Waals surface area contributed by atoms with Crippen molar-refractivity contribution in [2.45, 2.75) is 25.8 Å². The number of aromatic nitrogens is 2. The van der Waals surface area contributed by atoms with Crippen LogP contribution in [0.2, 0.25) is 0 Å². The molecule has 5 rings (SSSR count). The molecule has 2 amide bonds. The van der Waals surface area contributed by atoms with Crippen LogP contribution in [0, 0.1) is 12.7 Å². The van der Waals surface area contributed by atoms with Crippen molar-refractivity contribution in [2.24, 2.45) is 0 Å². The molecule has 1 aromatic heterocycles. The summed E-state index contributed by atoms with van der Waals surface area (Å²) in [5.41, 5.74) is 4.32. The second-order valence-electron chi connectivity index (χ2n) is 7.86. The number of hydrogen-bond acceptors (Lipinski definition) is 3. The molecule has 1 aliphatic heterocycles. The number of amides is 2. The molecule has 6 heteroatoms. The molecule has 1 unspecified atom stereocenters. The number of likely N-dealkylation sites (tertiary alicyclic amines) is 1. The second-order valence-corrected chi connectivity index (χ2v) is 7.86. The lowest BCUT2D eigenvalue weighted by atomic mass is 9.92. The summed E-state index contributed by atoms with van der Waals surface area (Å²) in [4.78, 5) is 27.1. The summed E-state index contributed by atoms with van der Waals surface area (Å²) in [5.74, 6) is -1.11. The molecule has 0 aliphatic carbocycles. The van der Waals surface area contributed by atoms with E-state index in [4.69, 9.17) is 0 Å². The predicted molar refractivity (Wildman–Crippen MR) is 115 cm³/mol. The zero-order chi connectivity index (χ0) is 21.5. The predicted octanol–water partition coefficient (Wildman–Crippen LogP) is 4.52. The van der Waals surface area contributed by atoms with Gasteiger partial charge >= 0.3 is 0 Å². The van der Waals surface area contributed by atoms with Gasteiger partial charge in [0.25, 0.3) is 0 Å². The number of benzene rings is 3. The quantitative estimate of drug-likeness (QED) is 0.463. The standard InChI is InChI=1S/C25H20FN3O2/c1-16-11-23-18(14-27-29(23)20-9-7-19(26)8-10-20)12-21(16)22-13-24(30)28(25(22)31)15-17-5-3-2-4-6-17/h2-12,14,22H,13,15H2,1H3. The third-order valence-electron chi connectivity index (χ3n) is 5.83. The van der Waals surface area contributed by atoms with Crippen molar-refractivity contribution >= 4 is 22.7 Å². The summed E-state index contributed by atoms with van der Waals surface area (Å²) < 4.78 is 15.0. The van der Waals surface area contributed by atoms with Gasteiger partial charge < -0.3 is 0 Å². The zero-order valence-corrected chi connectivity index (χ0v) is 17.0. The van der Waals surface area contributed by atoms with Gasteiger partial charge in [-0.3, -0.25) is 14.5 Å². The number of nitrogens with zero attached hydrogens (tertiary/aromatic N) is 3. The molecule has 0 N–H and O–H groups in total. The van der Waals surface area contributed by atoms with Gasteiger partial charge in [-0.15, -0.1) is 0 Å². The van der Waals surface area contributed by atoms with Crippen LogP contribution >= 0.6 is 0 Å². The van der Waals surface area contributed by atoms with Gasteiger partial charge in [0.15, 0.2) is 0 Å². The molecule has 0 radical (unpaired) electrons. The highest BCUT2D eigenvalue weighted by Gasteiger charge is 2.40. The molecule has 4 aromatic rings. The van der Waals surface area contributed by atoms with Crippen LogP contribution in [0.4, 0.5) is 4.39 Å². The first-order valence-electron chi connectivity index (χ1n) is 10.1. The number of hydrogen-bond donors (Lipinski definition) is 0. The molecular weight excluding hydrogens is 393 g/mol. The smallest absolute Gasteiger partial charge is 0.237 e. The first kappa shape index (κ1) is 19.2. The number of rotatable bonds is 4. The van der Waals surface area contributed by atoms with Crippen LogP contribution < -0.4 is 0 Å². The second kappa shape index (κ2) is 7.47. The van der Waals surface area contributed by atoms with Crippen molar-refractivity contribution in [3.8, 4) is 5.69 Å². The topological polar surface area (TPSA) is 55.2 Å². The Morgan fingerprint density at radius 2 is 1.77 bits per heavy atom. The minimum absolute atomic E-state index is 0.152. The first-order valence-corrected chi connectivity index (χ1v) is 10.1. The largest absolute Gasteiger partial charge is 0.278 e. The Bertz CT molecular complexity index is 1300. The van der Waals surface area contributed by atoms with Crippen LogP contribution in [0.1, 0.15) is 29.0 Å². The fourth-order valence-electron chi connectivity index (χ4n) is 4.22. The number of carbonyl (C=O) groups excluding carboxylic acids is 2. The zero-order valence-electron chi connectivity index (χ0n) is 17.0. The van der Waals surface area contributed by atoms with Crippen molar-refractivity contribution < 1.29 is 14.0 Å². The van der Waals surface area contributed by atoms with E-state index >= 15 is 0 Å². The van der Waals surface area contributed by atoms with Gasteiger partial charge in [0.1, 0.15) is 5.82 Å². The average Bonchev–Trinajstić information content (AvgIpc) is 3.30. The molecule has 31 heavy (non-hydrogen) atoms. The van der Waals surface area contributed by atoms with Gasteiger partial charge in [-0.05, 0) is 60.0 Å². The Morgan fingerprint density at radius 1 is 1.03 bits per heavy atom. The lowest BCUT2D eigenvalue weighted by Crippen LogP contribution is -2.29. The number of fused-ring (bicyclic) bond motifs is 1. The number of carbonyl (C=O) groups is 2. The molecule has 1 fully saturated rings. The van der Waals surface area contributed by atoms with E-state index in [1.54, 1.807) is 23.0 Å². The van der Waals surface area contributed by atoms with Crippen molar-refractivity contribution in [2.75, 3.05) is 0 Å². The number of imide groups is 1. The van der Waals surface area contributed by atoms with Crippen LogP contribution in [0.15, 0.2) is 72.9 Å². The van der Waals surface area contributed by atoms with E-state index in [0.29, 0.717) is 6.54 Å². The van der Waals surface area contributed by atoms with Crippen molar-refractivity contribution in [3.63, 3.8) is 0 Å². The molecule has 2 heterocycles. The van der Waals surface area contributed by atoms with Crippen LogP contribution in [-0.4, -0.2) is 26.5 Å². The summed E-state index contributed by atoms with van der Waals surface area (Å²) in [6.45, 7) is 2.23. The van der Waals surface area contributed by atoms with E-state index in [1.807, 2.05) is 49.4 Å². The Morgan fingerprint density at radius 3 is 2.52 bits per heavy atom. The fourth-order valence-corrected chi connectivity index (χ4v) is 4.22. The van der Waals surface area contributed by atoms with Crippen molar-refractivity contribution in [1.29, 1.82) is 0 Å². The minimum atomic E-state index is -0.491. The summed E-state index contributed by atoms with van der Waals surface area (Å²) in [5, 5.41) is 5.31. The summed E-state index contributed by atoms with van der Waals surface area (Å²) in [6.07, 6.45) is 1.90. The monoisotopic (exact) mass is 413 g/mol. The molecule has 3 aromatic carbocycles. The average molecular weight is 413 g/mol. The number of halogens is 1. The molecular formula is C25H20FN3O2. The van der Waals surface area contributed by atoms with Gasteiger partial charge in [0.2, 0.25) is 11.8 Å². The SMILES string of the molecule is Cc1cc2c(cnn2-c2ccc(F)cc2)cc1C1CC(=O)N(Cc2ccccc2)C1=O. The molecule has 5 nitrogen and oxygen atoms in total. The van der Waals surface area contributed by atoms with E-state index in [9.17, 15) is 14.0 Å². The summed E-state index contributed by atoms with van der Waals surface area (Å²) in [7, 11) is 0. The lowest BCUT2D eigenvalue weighted by Gasteiger charge is -2.16. The summed E-state index contributed by atoms with van der Waals surface area (Å²) in [6, 6.07) is 19.6. The third kappa shape index (κ3) is 3.40. The van der Waals surface area contributed by atoms with Gasteiger partial charge in [0, 0.05) is 11.8 Å². The Kier molecular flexibility index (Phi) is 4.62. The van der Waals surface area contributed by atoms with Crippen LogP contribution in [0.3, 0.4) is 0 Å². The highest BCUT2D eigenvalue weighted by Crippen LogP contribution is 2.35. The fraction of sp³-hybridized carbons (Fsp3) is 0.160. The lowest BCUT2D eigenvalue weighted by molar-refractivity contribution is -0.139. The normalized spacial score (nSPS) is 16.5. The van der Waals surface area contributed by atoms with Crippen molar-refractivity contribution in [3.05, 3.63) is 95.4 Å². The molecule has 1 atom stereocenters. The third-order valence-corrected chi connectivity index (χ3v) is 5.83. The molecule has 154 valence electrons. The Labute approximate surface area is 178 Å². The van der Waals surface area contributed by atoms with Gasteiger partial charge in [-0.1, -0.05) is 30.3 Å². The highest BCUT2D eigenvalue weighted by atomic mass is 19.1. The summed E-state index contributed by atoms with van der Waals surface area (Å²) >= 11 is 0. The van der Waals surface area contributed by atoms with E-state index in [1.165, 1.54) is 17.0 Å².